The van der Waals surface area contributed by atoms with Gasteiger partial charge in [0, 0.05) is 87.8 Å². The molecule has 0 amide bonds. The summed E-state index contributed by atoms with van der Waals surface area (Å²) in [7, 11) is 2.15. The molecule has 0 aliphatic carbocycles. The Morgan fingerprint density at radius 3 is 1.76 bits per heavy atom. The van der Waals surface area contributed by atoms with Gasteiger partial charge in [0.1, 0.15) is 12.7 Å². The van der Waals surface area contributed by atoms with E-state index < -0.39 is 6.10 Å². The number of rotatable bonds is 12. The monoisotopic (exact) mass is 564 g/mol. The molecule has 2 aliphatic heterocycles. The van der Waals surface area contributed by atoms with Crippen molar-refractivity contribution in [3.05, 3.63) is 59.7 Å². The lowest BCUT2D eigenvalue weighted by Crippen LogP contribution is -2.47. The first kappa shape index (κ1) is 30.5. The minimum absolute atomic E-state index is 0.0339. The fraction of sp³-hybridized carbons (Fsp3) is 0.531. The number of likely N-dealkylation sites (N-methyl/N-ethyl adjacent to an activating group) is 1. The average molecular weight is 565 g/mol. The number of ether oxygens (including phenoxy) is 2. The van der Waals surface area contributed by atoms with Crippen molar-refractivity contribution in [2.45, 2.75) is 39.2 Å². The van der Waals surface area contributed by atoms with Crippen LogP contribution in [-0.4, -0.2) is 106 Å². The standard InChI is InChI=1S/C32H44N4O5/c1-4-5-30(37)40-24-25(2)41-31(38)14-15-34-18-22-36(23-19-34)29-12-8-27(9-13-29)32(39)26-6-10-28(11-7-26)35-20-16-33(3)17-21-35/h6-13,25H,4-5,14-24H2,1-3H3. The van der Waals surface area contributed by atoms with Crippen molar-refractivity contribution in [2.24, 2.45) is 0 Å². The molecular weight excluding hydrogens is 520 g/mol. The summed E-state index contributed by atoms with van der Waals surface area (Å²) in [5, 5.41) is 0. The van der Waals surface area contributed by atoms with Crippen molar-refractivity contribution in [2.75, 3.05) is 82.4 Å². The van der Waals surface area contributed by atoms with Crippen molar-refractivity contribution < 1.29 is 23.9 Å². The van der Waals surface area contributed by atoms with Crippen LogP contribution in [0, 0.1) is 0 Å². The van der Waals surface area contributed by atoms with E-state index in [1.165, 1.54) is 5.69 Å². The van der Waals surface area contributed by atoms with Gasteiger partial charge in [-0.3, -0.25) is 19.3 Å². The van der Waals surface area contributed by atoms with Crippen molar-refractivity contribution in [3.63, 3.8) is 0 Å². The smallest absolute Gasteiger partial charge is 0.307 e. The Hall–Kier alpha value is -3.43. The van der Waals surface area contributed by atoms with Gasteiger partial charge in [-0.1, -0.05) is 6.92 Å². The third kappa shape index (κ3) is 9.03. The number of ketones is 1. The summed E-state index contributed by atoms with van der Waals surface area (Å²) in [4.78, 5) is 46.0. The summed E-state index contributed by atoms with van der Waals surface area (Å²) < 4.78 is 10.5. The van der Waals surface area contributed by atoms with Crippen LogP contribution in [0.2, 0.25) is 0 Å². The maximum atomic E-state index is 13.1. The van der Waals surface area contributed by atoms with Crippen LogP contribution in [0.3, 0.4) is 0 Å². The molecular formula is C32H44N4O5. The van der Waals surface area contributed by atoms with Gasteiger partial charge in [-0.2, -0.15) is 0 Å². The van der Waals surface area contributed by atoms with E-state index in [-0.39, 0.29) is 24.3 Å². The number of esters is 2. The SMILES string of the molecule is CCCC(=O)OCC(C)OC(=O)CCN1CCN(c2ccc(C(=O)c3ccc(N4CCN(C)CC4)cc3)cc2)CC1. The van der Waals surface area contributed by atoms with E-state index in [4.69, 9.17) is 9.47 Å². The Bertz CT molecular complexity index is 1140. The van der Waals surface area contributed by atoms with E-state index in [0.717, 1.165) is 64.5 Å². The van der Waals surface area contributed by atoms with Gasteiger partial charge in [0.15, 0.2) is 5.78 Å². The van der Waals surface area contributed by atoms with Gasteiger partial charge in [0.2, 0.25) is 0 Å². The molecule has 9 nitrogen and oxygen atoms in total. The average Bonchev–Trinajstić information content (AvgIpc) is 3.00. The van der Waals surface area contributed by atoms with Gasteiger partial charge < -0.3 is 24.2 Å². The molecule has 2 aliphatic rings. The Morgan fingerprint density at radius 1 is 0.732 bits per heavy atom. The Labute approximate surface area is 244 Å². The van der Waals surface area contributed by atoms with Crippen LogP contribution in [0.25, 0.3) is 0 Å². The highest BCUT2D eigenvalue weighted by atomic mass is 16.6. The van der Waals surface area contributed by atoms with Crippen molar-refractivity contribution in [3.8, 4) is 0 Å². The maximum Gasteiger partial charge on any atom is 0.307 e. The van der Waals surface area contributed by atoms with Crippen LogP contribution in [0.1, 0.15) is 49.0 Å². The molecule has 222 valence electrons. The number of hydrogen-bond donors (Lipinski definition) is 0. The Morgan fingerprint density at radius 2 is 1.24 bits per heavy atom. The first-order valence-electron chi connectivity index (χ1n) is 14.8. The first-order chi connectivity index (χ1) is 19.8. The molecule has 4 rings (SSSR count). The number of nitrogens with zero attached hydrogens (tertiary/aromatic N) is 4. The molecule has 1 atom stereocenters. The second kappa shape index (κ2) is 15.0. The summed E-state index contributed by atoms with van der Waals surface area (Å²) in [6, 6.07) is 15.8. The van der Waals surface area contributed by atoms with Crippen LogP contribution >= 0.6 is 0 Å². The second-order valence-electron chi connectivity index (χ2n) is 11.0. The highest BCUT2D eigenvalue weighted by Gasteiger charge is 2.20. The zero-order valence-corrected chi connectivity index (χ0v) is 24.7. The Kier molecular flexibility index (Phi) is 11.2. The van der Waals surface area contributed by atoms with E-state index in [2.05, 4.69) is 38.8 Å². The van der Waals surface area contributed by atoms with Crippen molar-refractivity contribution in [1.82, 2.24) is 9.80 Å². The number of piperazine rings is 2. The zero-order valence-electron chi connectivity index (χ0n) is 24.7. The molecule has 9 heteroatoms. The van der Waals surface area contributed by atoms with E-state index in [9.17, 15) is 14.4 Å². The van der Waals surface area contributed by atoms with Gasteiger partial charge in [-0.05, 0) is 68.9 Å². The number of benzene rings is 2. The van der Waals surface area contributed by atoms with E-state index in [1.807, 2.05) is 43.3 Å². The molecule has 2 saturated heterocycles. The van der Waals surface area contributed by atoms with Gasteiger partial charge in [0.25, 0.3) is 0 Å². The molecule has 0 aromatic heterocycles. The second-order valence-corrected chi connectivity index (χ2v) is 11.0. The van der Waals surface area contributed by atoms with Gasteiger partial charge in [0.05, 0.1) is 6.42 Å². The molecule has 2 fully saturated rings. The summed E-state index contributed by atoms with van der Waals surface area (Å²) >= 11 is 0. The molecule has 2 aromatic rings. The molecule has 0 bridgehead atoms. The maximum absolute atomic E-state index is 13.1. The van der Waals surface area contributed by atoms with Gasteiger partial charge >= 0.3 is 11.9 Å². The quantitative estimate of drug-likeness (QED) is 0.284. The van der Waals surface area contributed by atoms with Crippen LogP contribution in [0.4, 0.5) is 11.4 Å². The predicted molar refractivity (Wildman–Crippen MR) is 161 cm³/mol. The summed E-state index contributed by atoms with van der Waals surface area (Å²) in [6.07, 6.45) is 0.968. The highest BCUT2D eigenvalue weighted by Crippen LogP contribution is 2.22. The van der Waals surface area contributed by atoms with Crippen LogP contribution < -0.4 is 9.80 Å². The molecule has 1 unspecified atom stereocenters. The van der Waals surface area contributed by atoms with Crippen LogP contribution in [0.5, 0.6) is 0 Å². The van der Waals surface area contributed by atoms with Crippen molar-refractivity contribution >= 4 is 29.1 Å². The molecule has 0 saturated carbocycles. The van der Waals surface area contributed by atoms with E-state index >= 15 is 0 Å². The zero-order chi connectivity index (χ0) is 29.2. The highest BCUT2D eigenvalue weighted by molar-refractivity contribution is 6.09. The molecule has 0 spiro atoms. The molecule has 0 N–H and O–H groups in total. The largest absolute Gasteiger partial charge is 0.462 e. The summed E-state index contributed by atoms with van der Waals surface area (Å²) in [5.74, 6) is -0.506. The lowest BCUT2D eigenvalue weighted by molar-refractivity contribution is -0.158. The van der Waals surface area contributed by atoms with Crippen LogP contribution in [0.15, 0.2) is 48.5 Å². The van der Waals surface area contributed by atoms with E-state index in [0.29, 0.717) is 30.5 Å². The molecule has 41 heavy (non-hydrogen) atoms. The summed E-state index contributed by atoms with van der Waals surface area (Å²) in [6.45, 7) is 11.9. The minimum atomic E-state index is -0.448. The number of anilines is 2. The molecule has 2 aromatic carbocycles. The Balaban J connectivity index is 1.18. The lowest BCUT2D eigenvalue weighted by Gasteiger charge is -2.36. The predicted octanol–water partition coefficient (Wildman–Crippen LogP) is 3.46. The first-order valence-corrected chi connectivity index (χ1v) is 14.8. The van der Waals surface area contributed by atoms with E-state index in [1.54, 1.807) is 6.92 Å². The number of hydrogen-bond acceptors (Lipinski definition) is 9. The van der Waals surface area contributed by atoms with Gasteiger partial charge in [-0.25, -0.2) is 0 Å². The number of carbonyl (C=O) groups is 3. The van der Waals surface area contributed by atoms with Crippen molar-refractivity contribution in [1.29, 1.82) is 0 Å². The molecule has 0 radical (unpaired) electrons. The number of carbonyl (C=O) groups excluding carboxylic acids is 3. The topological polar surface area (TPSA) is 82.6 Å². The third-order valence-electron chi connectivity index (χ3n) is 7.76. The minimum Gasteiger partial charge on any atom is -0.462 e. The fourth-order valence-corrected chi connectivity index (χ4v) is 5.16. The third-order valence-corrected chi connectivity index (χ3v) is 7.76. The normalized spacial score (nSPS) is 17.2. The lowest BCUT2D eigenvalue weighted by atomic mass is 10.0. The fourth-order valence-electron chi connectivity index (χ4n) is 5.16. The van der Waals surface area contributed by atoms with Crippen LogP contribution in [-0.2, 0) is 19.1 Å². The molecule has 2 heterocycles. The summed E-state index contributed by atoms with van der Waals surface area (Å²) in [5.41, 5.74) is 3.65. The van der Waals surface area contributed by atoms with Gasteiger partial charge in [-0.15, -0.1) is 0 Å².